The van der Waals surface area contributed by atoms with Crippen molar-refractivity contribution in [1.82, 2.24) is 9.80 Å². The van der Waals surface area contributed by atoms with Crippen molar-refractivity contribution < 1.29 is 23.6 Å². The van der Waals surface area contributed by atoms with Crippen molar-refractivity contribution in [3.05, 3.63) is 35.6 Å². The number of amides is 3. The lowest BCUT2D eigenvalue weighted by Crippen LogP contribution is -2.48. The average Bonchev–Trinajstić information content (AvgIpc) is 3.40. The number of benzene rings is 1. The summed E-state index contributed by atoms with van der Waals surface area (Å²) in [7, 11) is 0. The van der Waals surface area contributed by atoms with Crippen LogP contribution in [0.4, 0.5) is 4.39 Å². The Morgan fingerprint density at radius 1 is 1.09 bits per heavy atom. The standard InChI is InChI=1S/C27H35FN2O4/c1-18(2)14-23(31)19-8-7-13-29(17-19)24(32)15-27(21-11-5-6-12-22(21)28)16-25(33)30(26(27)34)20-9-3-4-10-20/h5-6,11-12,18-20H,3-4,7-10,13-17H2,1-2H3/t19-,27-/m1/s1. The first-order valence-corrected chi connectivity index (χ1v) is 12.6. The van der Waals surface area contributed by atoms with Gasteiger partial charge in [0.15, 0.2) is 0 Å². The molecule has 3 amide bonds. The highest BCUT2D eigenvalue weighted by Gasteiger charge is 2.57. The van der Waals surface area contributed by atoms with E-state index in [0.29, 0.717) is 25.9 Å². The van der Waals surface area contributed by atoms with E-state index in [0.717, 1.165) is 32.1 Å². The molecule has 4 rings (SSSR count). The summed E-state index contributed by atoms with van der Waals surface area (Å²) in [6.45, 7) is 4.83. The first kappa shape index (κ1) is 24.6. The second-order valence-electron chi connectivity index (χ2n) is 10.7. The number of piperidine rings is 1. The second kappa shape index (κ2) is 9.96. The molecule has 1 aromatic carbocycles. The number of hydrogen-bond donors (Lipinski definition) is 0. The number of likely N-dealkylation sites (tertiary alicyclic amines) is 2. The van der Waals surface area contributed by atoms with E-state index in [1.54, 1.807) is 17.0 Å². The zero-order chi connectivity index (χ0) is 24.5. The van der Waals surface area contributed by atoms with Crippen LogP contribution in [0.5, 0.6) is 0 Å². The predicted octanol–water partition coefficient (Wildman–Crippen LogP) is 4.01. The lowest BCUT2D eigenvalue weighted by atomic mass is 9.75. The summed E-state index contributed by atoms with van der Waals surface area (Å²) in [5, 5.41) is 0. The Labute approximate surface area is 200 Å². The van der Waals surface area contributed by atoms with Gasteiger partial charge in [0, 0.05) is 49.9 Å². The number of carbonyl (C=O) groups is 4. The van der Waals surface area contributed by atoms with Gasteiger partial charge in [0.2, 0.25) is 17.7 Å². The van der Waals surface area contributed by atoms with Crippen molar-refractivity contribution in [2.45, 2.75) is 83.1 Å². The zero-order valence-corrected chi connectivity index (χ0v) is 20.2. The quantitative estimate of drug-likeness (QED) is 0.565. The summed E-state index contributed by atoms with van der Waals surface area (Å²) in [4.78, 5) is 56.0. The van der Waals surface area contributed by atoms with E-state index >= 15 is 4.39 Å². The van der Waals surface area contributed by atoms with Gasteiger partial charge in [-0.2, -0.15) is 0 Å². The van der Waals surface area contributed by atoms with E-state index in [-0.39, 0.29) is 53.9 Å². The normalized spacial score (nSPS) is 26.1. The van der Waals surface area contributed by atoms with Crippen LogP contribution >= 0.6 is 0 Å². The van der Waals surface area contributed by atoms with Crippen molar-refractivity contribution in [2.24, 2.45) is 11.8 Å². The minimum absolute atomic E-state index is 0.117. The van der Waals surface area contributed by atoms with Crippen LogP contribution in [0.3, 0.4) is 0 Å². The Hall–Kier alpha value is -2.57. The molecule has 3 fully saturated rings. The molecule has 0 unspecified atom stereocenters. The molecule has 1 aliphatic carbocycles. The number of carbonyl (C=O) groups excluding carboxylic acids is 4. The molecule has 1 saturated carbocycles. The first-order chi connectivity index (χ1) is 16.2. The molecule has 1 aromatic rings. The van der Waals surface area contributed by atoms with Crippen LogP contribution in [-0.4, -0.2) is 52.4 Å². The fourth-order valence-corrected chi connectivity index (χ4v) is 5.99. The molecule has 0 bridgehead atoms. The topological polar surface area (TPSA) is 74.8 Å². The molecule has 184 valence electrons. The third kappa shape index (κ3) is 4.66. The Morgan fingerprint density at radius 3 is 2.47 bits per heavy atom. The molecule has 0 radical (unpaired) electrons. The van der Waals surface area contributed by atoms with Crippen LogP contribution in [0.1, 0.15) is 77.2 Å². The van der Waals surface area contributed by atoms with Gasteiger partial charge in [0.05, 0.1) is 5.41 Å². The summed E-state index contributed by atoms with van der Waals surface area (Å²) < 4.78 is 15.0. The molecule has 0 N–H and O–H groups in total. The molecule has 6 nitrogen and oxygen atoms in total. The number of imide groups is 1. The Morgan fingerprint density at radius 2 is 1.79 bits per heavy atom. The molecule has 2 heterocycles. The van der Waals surface area contributed by atoms with E-state index in [1.165, 1.54) is 17.0 Å². The van der Waals surface area contributed by atoms with Gasteiger partial charge >= 0.3 is 0 Å². The monoisotopic (exact) mass is 470 g/mol. The van der Waals surface area contributed by atoms with Crippen LogP contribution in [0.15, 0.2) is 24.3 Å². The predicted molar refractivity (Wildman–Crippen MR) is 125 cm³/mol. The Bertz CT molecular complexity index is 971. The summed E-state index contributed by atoms with van der Waals surface area (Å²) in [6.07, 6.45) is 4.91. The van der Waals surface area contributed by atoms with Gasteiger partial charge in [-0.15, -0.1) is 0 Å². The van der Waals surface area contributed by atoms with Crippen LogP contribution in [0.25, 0.3) is 0 Å². The van der Waals surface area contributed by atoms with Crippen LogP contribution < -0.4 is 0 Å². The fraction of sp³-hybridized carbons (Fsp3) is 0.630. The third-order valence-electron chi connectivity index (χ3n) is 7.72. The molecule has 2 atom stereocenters. The average molecular weight is 471 g/mol. The Balaban J connectivity index is 1.60. The van der Waals surface area contributed by atoms with Gasteiger partial charge in [-0.3, -0.25) is 24.1 Å². The molecule has 2 aliphatic heterocycles. The highest BCUT2D eigenvalue weighted by molar-refractivity contribution is 6.11. The maximum absolute atomic E-state index is 15.0. The van der Waals surface area contributed by atoms with Gasteiger partial charge in [0.1, 0.15) is 11.6 Å². The van der Waals surface area contributed by atoms with Crippen molar-refractivity contribution in [1.29, 1.82) is 0 Å². The molecule has 0 spiro atoms. The zero-order valence-electron chi connectivity index (χ0n) is 20.2. The number of ketones is 1. The largest absolute Gasteiger partial charge is 0.342 e. The summed E-state index contributed by atoms with van der Waals surface area (Å²) in [5.74, 6) is -1.43. The minimum Gasteiger partial charge on any atom is -0.342 e. The van der Waals surface area contributed by atoms with Gasteiger partial charge in [-0.25, -0.2) is 4.39 Å². The molecular weight excluding hydrogens is 435 g/mol. The van der Waals surface area contributed by atoms with E-state index in [1.807, 2.05) is 13.8 Å². The van der Waals surface area contributed by atoms with E-state index in [2.05, 4.69) is 0 Å². The number of Topliss-reactive ketones (excluding diaryl/α,β-unsaturated/α-hetero) is 1. The van der Waals surface area contributed by atoms with Crippen molar-refractivity contribution >= 4 is 23.5 Å². The second-order valence-corrected chi connectivity index (χ2v) is 10.7. The molecule has 3 aliphatic rings. The van der Waals surface area contributed by atoms with Crippen LogP contribution in [0, 0.1) is 17.7 Å². The van der Waals surface area contributed by atoms with Crippen molar-refractivity contribution in [3.63, 3.8) is 0 Å². The van der Waals surface area contributed by atoms with E-state index in [4.69, 9.17) is 0 Å². The molecule has 34 heavy (non-hydrogen) atoms. The molecule has 7 heteroatoms. The maximum Gasteiger partial charge on any atom is 0.241 e. The fourth-order valence-electron chi connectivity index (χ4n) is 5.99. The lowest BCUT2D eigenvalue weighted by molar-refractivity contribution is -0.145. The lowest BCUT2D eigenvalue weighted by Gasteiger charge is -2.35. The van der Waals surface area contributed by atoms with Gasteiger partial charge in [0.25, 0.3) is 0 Å². The van der Waals surface area contributed by atoms with Gasteiger partial charge in [-0.05, 0) is 37.7 Å². The molecular formula is C27H35FN2O4. The Kier molecular flexibility index (Phi) is 7.20. The highest BCUT2D eigenvalue weighted by atomic mass is 19.1. The molecule has 2 saturated heterocycles. The van der Waals surface area contributed by atoms with Gasteiger partial charge < -0.3 is 4.90 Å². The number of halogens is 1. The van der Waals surface area contributed by atoms with Crippen LogP contribution in [-0.2, 0) is 24.6 Å². The third-order valence-corrected chi connectivity index (χ3v) is 7.72. The van der Waals surface area contributed by atoms with Crippen LogP contribution in [0.2, 0.25) is 0 Å². The summed E-state index contributed by atoms with van der Waals surface area (Å²) >= 11 is 0. The van der Waals surface area contributed by atoms with Crippen molar-refractivity contribution in [3.8, 4) is 0 Å². The minimum atomic E-state index is -1.53. The number of rotatable bonds is 7. The highest BCUT2D eigenvalue weighted by Crippen LogP contribution is 2.44. The molecule has 0 aromatic heterocycles. The van der Waals surface area contributed by atoms with Crippen molar-refractivity contribution in [2.75, 3.05) is 13.1 Å². The summed E-state index contributed by atoms with van der Waals surface area (Å²) in [6, 6.07) is 5.81. The summed E-state index contributed by atoms with van der Waals surface area (Å²) in [5.41, 5.74) is -1.41. The smallest absolute Gasteiger partial charge is 0.241 e. The first-order valence-electron chi connectivity index (χ1n) is 12.6. The van der Waals surface area contributed by atoms with E-state index < -0.39 is 17.1 Å². The number of nitrogens with zero attached hydrogens (tertiary/aromatic N) is 2. The van der Waals surface area contributed by atoms with E-state index in [9.17, 15) is 19.2 Å². The number of hydrogen-bond acceptors (Lipinski definition) is 4. The SMILES string of the molecule is CC(C)CC(=O)[C@@H]1CCCN(C(=O)C[C@]2(c3ccccc3F)CC(=O)N(C3CCCC3)C2=O)C1. The van der Waals surface area contributed by atoms with Gasteiger partial charge in [-0.1, -0.05) is 44.9 Å². The maximum atomic E-state index is 15.0.